The number of hydrogen-bond donors (Lipinski definition) is 1. The van der Waals surface area contributed by atoms with Crippen LogP contribution in [0.3, 0.4) is 0 Å². The first kappa shape index (κ1) is 13.6. The van der Waals surface area contributed by atoms with Crippen LogP contribution in [0.5, 0.6) is 0 Å². The van der Waals surface area contributed by atoms with Gasteiger partial charge in [-0.1, -0.05) is 17.7 Å². The van der Waals surface area contributed by atoms with E-state index in [0.29, 0.717) is 6.04 Å². The van der Waals surface area contributed by atoms with Crippen LogP contribution in [0.4, 0.5) is 0 Å². The summed E-state index contributed by atoms with van der Waals surface area (Å²) in [5.41, 5.74) is 1.94. The summed E-state index contributed by atoms with van der Waals surface area (Å²) in [4.78, 5) is 1.36. The van der Waals surface area contributed by atoms with Crippen molar-refractivity contribution < 1.29 is 0 Å². The summed E-state index contributed by atoms with van der Waals surface area (Å²) in [6.45, 7) is 7.90. The monoisotopic (exact) mass is 283 g/mol. The van der Waals surface area contributed by atoms with Crippen molar-refractivity contribution in [2.45, 2.75) is 33.4 Å². The molecule has 0 amide bonds. The van der Waals surface area contributed by atoms with Crippen LogP contribution in [0.1, 0.15) is 29.2 Å². The molecular weight excluding hydrogens is 266 g/mol. The molecule has 0 spiro atoms. The van der Waals surface area contributed by atoms with Crippen LogP contribution in [0.2, 0.25) is 5.02 Å². The minimum absolute atomic E-state index is 0.302. The summed E-state index contributed by atoms with van der Waals surface area (Å²) in [5, 5.41) is 10.8. The lowest BCUT2D eigenvalue weighted by atomic mass is 10.3. The van der Waals surface area contributed by atoms with E-state index in [9.17, 15) is 0 Å². The average Bonchev–Trinajstić information content (AvgIpc) is 2.94. The molecule has 98 valence electrons. The predicted octanol–water partition coefficient (Wildman–Crippen LogP) is 3.57. The third-order valence-electron chi connectivity index (χ3n) is 2.97. The number of nitrogens with zero attached hydrogens (tertiary/aromatic N) is 2. The molecule has 0 aliphatic carbocycles. The van der Waals surface area contributed by atoms with E-state index < -0.39 is 0 Å². The van der Waals surface area contributed by atoms with E-state index in [1.807, 2.05) is 18.5 Å². The fourth-order valence-corrected chi connectivity index (χ4v) is 2.77. The third-order valence-corrected chi connectivity index (χ3v) is 4.40. The van der Waals surface area contributed by atoms with Crippen molar-refractivity contribution in [3.8, 4) is 0 Å². The topological polar surface area (TPSA) is 29.9 Å². The zero-order chi connectivity index (χ0) is 13.1. The van der Waals surface area contributed by atoms with E-state index in [1.54, 1.807) is 11.3 Å². The molecule has 0 aliphatic rings. The van der Waals surface area contributed by atoms with Crippen LogP contribution < -0.4 is 5.32 Å². The van der Waals surface area contributed by atoms with Gasteiger partial charge in [0.05, 0.1) is 22.5 Å². The number of hydrogen-bond acceptors (Lipinski definition) is 3. The predicted molar refractivity (Wildman–Crippen MR) is 77.4 cm³/mol. The average molecular weight is 284 g/mol. The van der Waals surface area contributed by atoms with Crippen molar-refractivity contribution in [2.24, 2.45) is 0 Å². The van der Waals surface area contributed by atoms with Crippen LogP contribution in [-0.4, -0.2) is 16.3 Å². The highest BCUT2D eigenvalue weighted by Gasteiger charge is 2.13. The highest BCUT2D eigenvalue weighted by atomic mass is 35.5. The Hall–Kier alpha value is -0.840. The van der Waals surface area contributed by atoms with Crippen molar-refractivity contribution in [2.75, 3.05) is 6.54 Å². The summed E-state index contributed by atoms with van der Waals surface area (Å²) in [6.07, 6.45) is 0. The van der Waals surface area contributed by atoms with E-state index in [2.05, 4.69) is 34.9 Å². The first-order valence-corrected chi connectivity index (χ1v) is 7.29. The second-order valence-electron chi connectivity index (χ2n) is 4.49. The van der Waals surface area contributed by atoms with E-state index >= 15 is 0 Å². The van der Waals surface area contributed by atoms with Crippen LogP contribution in [0.15, 0.2) is 17.5 Å². The molecule has 0 bridgehead atoms. The molecule has 1 N–H and O–H groups in total. The summed E-state index contributed by atoms with van der Waals surface area (Å²) in [6, 6.07) is 4.52. The van der Waals surface area contributed by atoms with E-state index in [-0.39, 0.29) is 0 Å². The molecule has 0 fully saturated rings. The van der Waals surface area contributed by atoms with Gasteiger partial charge in [-0.05, 0) is 32.2 Å². The van der Waals surface area contributed by atoms with Gasteiger partial charge in [-0.3, -0.25) is 4.68 Å². The summed E-state index contributed by atoms with van der Waals surface area (Å²) in [7, 11) is 0. The normalized spacial score (nSPS) is 12.9. The lowest BCUT2D eigenvalue weighted by Crippen LogP contribution is -2.24. The fourth-order valence-electron chi connectivity index (χ4n) is 1.98. The second-order valence-corrected chi connectivity index (χ2v) is 5.90. The van der Waals surface area contributed by atoms with Crippen LogP contribution in [-0.2, 0) is 6.54 Å². The number of rotatable bonds is 5. The van der Waals surface area contributed by atoms with Crippen LogP contribution >= 0.6 is 22.9 Å². The molecule has 2 aromatic rings. The van der Waals surface area contributed by atoms with Crippen molar-refractivity contribution in [1.29, 1.82) is 0 Å². The van der Waals surface area contributed by atoms with Crippen molar-refractivity contribution in [3.05, 3.63) is 38.8 Å². The van der Waals surface area contributed by atoms with Gasteiger partial charge >= 0.3 is 0 Å². The third kappa shape index (κ3) is 2.94. The standard InChI is InChI=1S/C13H18ClN3S/c1-9(7-15-8-12-5-4-6-18-12)17-11(3)13(14)10(2)16-17/h4-6,9,15H,7-8H2,1-3H3. The van der Waals surface area contributed by atoms with Crippen molar-refractivity contribution in [3.63, 3.8) is 0 Å². The molecule has 2 heterocycles. The van der Waals surface area contributed by atoms with Gasteiger partial charge in [-0.15, -0.1) is 11.3 Å². The molecule has 1 unspecified atom stereocenters. The largest absolute Gasteiger partial charge is 0.310 e. The van der Waals surface area contributed by atoms with E-state index in [4.69, 9.17) is 11.6 Å². The zero-order valence-corrected chi connectivity index (χ0v) is 12.5. The number of aromatic nitrogens is 2. The molecule has 3 nitrogen and oxygen atoms in total. The quantitative estimate of drug-likeness (QED) is 0.909. The Balaban J connectivity index is 1.91. The Morgan fingerprint density at radius 2 is 2.28 bits per heavy atom. The first-order chi connectivity index (χ1) is 8.59. The Kier molecular flexibility index (Phi) is 4.43. The number of nitrogens with one attached hydrogen (secondary N) is 1. The van der Waals surface area contributed by atoms with E-state index in [1.165, 1.54) is 4.88 Å². The van der Waals surface area contributed by atoms with Crippen LogP contribution in [0, 0.1) is 13.8 Å². The van der Waals surface area contributed by atoms with Crippen molar-refractivity contribution >= 4 is 22.9 Å². The van der Waals surface area contributed by atoms with E-state index in [0.717, 1.165) is 29.5 Å². The maximum absolute atomic E-state index is 6.16. The highest BCUT2D eigenvalue weighted by Crippen LogP contribution is 2.21. The number of thiophene rings is 1. The highest BCUT2D eigenvalue weighted by molar-refractivity contribution is 7.09. The minimum atomic E-state index is 0.302. The first-order valence-electron chi connectivity index (χ1n) is 6.04. The molecule has 1 atom stereocenters. The molecule has 2 rings (SSSR count). The molecule has 0 saturated heterocycles. The SMILES string of the molecule is Cc1nn(C(C)CNCc2cccs2)c(C)c1Cl. The summed E-state index contributed by atoms with van der Waals surface area (Å²) >= 11 is 7.93. The maximum Gasteiger partial charge on any atom is 0.0844 e. The van der Waals surface area contributed by atoms with Crippen molar-refractivity contribution in [1.82, 2.24) is 15.1 Å². The second kappa shape index (κ2) is 5.87. The zero-order valence-electron chi connectivity index (χ0n) is 10.9. The Labute approximate surface area is 117 Å². The van der Waals surface area contributed by atoms with Gasteiger partial charge in [0.2, 0.25) is 0 Å². The fraction of sp³-hybridized carbons (Fsp3) is 0.462. The van der Waals surface area contributed by atoms with Gasteiger partial charge in [0.1, 0.15) is 0 Å². The van der Waals surface area contributed by atoms with Gasteiger partial charge in [0, 0.05) is 18.0 Å². The summed E-state index contributed by atoms with van der Waals surface area (Å²) < 4.78 is 2.00. The minimum Gasteiger partial charge on any atom is -0.310 e. The molecule has 5 heteroatoms. The molecule has 0 saturated carbocycles. The lowest BCUT2D eigenvalue weighted by Gasteiger charge is -2.14. The van der Waals surface area contributed by atoms with Gasteiger partial charge < -0.3 is 5.32 Å². The Morgan fingerprint density at radius 1 is 1.50 bits per heavy atom. The van der Waals surface area contributed by atoms with Gasteiger partial charge in [-0.25, -0.2) is 0 Å². The van der Waals surface area contributed by atoms with Crippen LogP contribution in [0.25, 0.3) is 0 Å². The summed E-state index contributed by atoms with van der Waals surface area (Å²) in [5.74, 6) is 0. The molecule has 18 heavy (non-hydrogen) atoms. The molecule has 2 aromatic heterocycles. The molecule has 0 aromatic carbocycles. The number of aryl methyl sites for hydroxylation is 1. The molecule has 0 radical (unpaired) electrons. The maximum atomic E-state index is 6.16. The van der Waals surface area contributed by atoms with Gasteiger partial charge in [0.15, 0.2) is 0 Å². The Morgan fingerprint density at radius 3 is 2.83 bits per heavy atom. The van der Waals surface area contributed by atoms with Gasteiger partial charge in [0.25, 0.3) is 0 Å². The lowest BCUT2D eigenvalue weighted by molar-refractivity contribution is 0.444. The Bertz CT molecular complexity index is 505. The smallest absolute Gasteiger partial charge is 0.0844 e. The molecule has 0 aliphatic heterocycles. The van der Waals surface area contributed by atoms with Gasteiger partial charge in [-0.2, -0.15) is 5.10 Å². The number of halogens is 1. The molecular formula is C13H18ClN3S.